The second-order valence-corrected chi connectivity index (χ2v) is 4.18. The summed E-state index contributed by atoms with van der Waals surface area (Å²) in [5.74, 6) is -0.0149. The van der Waals surface area contributed by atoms with E-state index < -0.39 is 0 Å². The van der Waals surface area contributed by atoms with Crippen molar-refractivity contribution in [2.24, 2.45) is 0 Å². The van der Waals surface area contributed by atoms with E-state index in [4.69, 9.17) is 0 Å². The first-order valence-electron chi connectivity index (χ1n) is 5.79. The average molecular weight is 232 g/mol. The second-order valence-electron chi connectivity index (χ2n) is 4.18. The van der Waals surface area contributed by atoms with Gasteiger partial charge in [0.15, 0.2) is 0 Å². The molecule has 0 radical (unpaired) electrons. The highest BCUT2D eigenvalue weighted by molar-refractivity contribution is 5.94. The van der Waals surface area contributed by atoms with Crippen molar-refractivity contribution in [1.29, 1.82) is 0 Å². The van der Waals surface area contributed by atoms with Crippen molar-refractivity contribution in [1.82, 2.24) is 10.2 Å². The molecule has 3 heteroatoms. The Bertz CT molecular complexity index is 380. The van der Waals surface area contributed by atoms with Crippen molar-refractivity contribution >= 4 is 12.0 Å². The Balaban J connectivity index is 2.51. The lowest BCUT2D eigenvalue weighted by Gasteiger charge is -2.10. The van der Waals surface area contributed by atoms with Gasteiger partial charge >= 0.3 is 0 Å². The Labute approximate surface area is 103 Å². The van der Waals surface area contributed by atoms with E-state index in [1.807, 2.05) is 62.3 Å². The van der Waals surface area contributed by atoms with Gasteiger partial charge in [-0.1, -0.05) is 24.3 Å². The molecule has 1 amide bonds. The summed E-state index contributed by atoms with van der Waals surface area (Å²) in [7, 11) is 3.97. The molecule has 0 aliphatic carbocycles. The molecule has 0 unspecified atom stereocenters. The molecule has 0 aliphatic rings. The molecule has 1 rings (SSSR count). The van der Waals surface area contributed by atoms with E-state index in [0.29, 0.717) is 12.1 Å². The quantitative estimate of drug-likeness (QED) is 0.842. The Morgan fingerprint density at radius 3 is 2.47 bits per heavy atom. The molecule has 1 aromatic carbocycles. The Kier molecular flexibility index (Phi) is 5.43. The van der Waals surface area contributed by atoms with Crippen LogP contribution in [-0.2, 0) is 0 Å². The number of amides is 1. The van der Waals surface area contributed by atoms with Gasteiger partial charge in [0.25, 0.3) is 5.91 Å². The van der Waals surface area contributed by atoms with Crippen molar-refractivity contribution < 1.29 is 4.79 Å². The van der Waals surface area contributed by atoms with Crippen LogP contribution < -0.4 is 5.32 Å². The molecule has 17 heavy (non-hydrogen) atoms. The summed E-state index contributed by atoms with van der Waals surface area (Å²) in [6.07, 6.45) is 3.99. The summed E-state index contributed by atoms with van der Waals surface area (Å²) in [6.45, 7) is 3.49. The number of nitrogens with zero attached hydrogens (tertiary/aromatic N) is 1. The number of allylic oxidation sites excluding steroid dienone is 1. The number of benzene rings is 1. The molecule has 3 nitrogen and oxygen atoms in total. The lowest BCUT2D eigenvalue weighted by atomic mass is 10.1. The number of rotatable bonds is 5. The van der Waals surface area contributed by atoms with Crippen LogP contribution in [0.15, 0.2) is 30.3 Å². The second kappa shape index (κ2) is 6.86. The van der Waals surface area contributed by atoms with Gasteiger partial charge in [-0.25, -0.2) is 0 Å². The van der Waals surface area contributed by atoms with Crippen LogP contribution in [0, 0.1) is 0 Å². The lowest BCUT2D eigenvalue weighted by Crippen LogP contribution is -2.31. The Morgan fingerprint density at radius 2 is 1.94 bits per heavy atom. The van der Waals surface area contributed by atoms with E-state index >= 15 is 0 Å². The largest absolute Gasteiger partial charge is 0.351 e. The van der Waals surface area contributed by atoms with Gasteiger partial charge < -0.3 is 10.2 Å². The van der Waals surface area contributed by atoms with Crippen LogP contribution in [0.2, 0.25) is 0 Å². The van der Waals surface area contributed by atoms with Gasteiger partial charge in [0.05, 0.1) is 0 Å². The fourth-order valence-corrected chi connectivity index (χ4v) is 1.43. The SMILES string of the molecule is C/C=C/c1ccc(C(=O)NCCN(C)C)cc1. The Hall–Kier alpha value is -1.61. The maximum Gasteiger partial charge on any atom is 0.251 e. The molecule has 0 saturated carbocycles. The summed E-state index contributed by atoms with van der Waals surface area (Å²) in [5.41, 5.74) is 1.81. The standard InChI is InChI=1S/C14H20N2O/c1-4-5-12-6-8-13(9-7-12)14(17)15-10-11-16(2)3/h4-9H,10-11H2,1-3H3,(H,15,17)/b5-4+. The topological polar surface area (TPSA) is 32.3 Å². The minimum atomic E-state index is -0.0149. The molecule has 0 atom stereocenters. The fraction of sp³-hybridized carbons (Fsp3) is 0.357. The zero-order chi connectivity index (χ0) is 12.7. The number of hydrogen-bond donors (Lipinski definition) is 1. The van der Waals surface area contributed by atoms with Crippen LogP contribution in [0.5, 0.6) is 0 Å². The molecule has 0 aliphatic heterocycles. The number of hydrogen-bond acceptors (Lipinski definition) is 2. The highest BCUT2D eigenvalue weighted by atomic mass is 16.1. The molecular weight excluding hydrogens is 212 g/mol. The zero-order valence-corrected chi connectivity index (χ0v) is 10.7. The van der Waals surface area contributed by atoms with Gasteiger partial charge in [-0.05, 0) is 38.7 Å². The van der Waals surface area contributed by atoms with Crippen molar-refractivity contribution in [3.05, 3.63) is 41.5 Å². The predicted octanol–water partition coefficient (Wildman–Crippen LogP) is 2.01. The number of carbonyl (C=O) groups excluding carboxylic acids is 1. The molecule has 1 aromatic rings. The first kappa shape index (κ1) is 13.5. The van der Waals surface area contributed by atoms with Crippen molar-refractivity contribution in [3.63, 3.8) is 0 Å². The van der Waals surface area contributed by atoms with Crippen LogP contribution >= 0.6 is 0 Å². The van der Waals surface area contributed by atoms with E-state index in [1.54, 1.807) is 0 Å². The highest BCUT2D eigenvalue weighted by Gasteiger charge is 2.03. The molecule has 0 saturated heterocycles. The molecule has 0 aromatic heterocycles. The lowest BCUT2D eigenvalue weighted by molar-refractivity contribution is 0.0951. The van der Waals surface area contributed by atoms with E-state index in [9.17, 15) is 4.79 Å². The molecule has 0 fully saturated rings. The normalized spacial score (nSPS) is 11.1. The van der Waals surface area contributed by atoms with E-state index in [0.717, 1.165) is 12.1 Å². The highest BCUT2D eigenvalue weighted by Crippen LogP contribution is 2.05. The first-order valence-corrected chi connectivity index (χ1v) is 5.79. The molecule has 0 bridgehead atoms. The fourth-order valence-electron chi connectivity index (χ4n) is 1.43. The predicted molar refractivity (Wildman–Crippen MR) is 72.0 cm³/mol. The number of likely N-dealkylation sites (N-methyl/N-ethyl adjacent to an activating group) is 1. The van der Waals surface area contributed by atoms with Gasteiger partial charge in [-0.2, -0.15) is 0 Å². The Morgan fingerprint density at radius 1 is 1.29 bits per heavy atom. The smallest absolute Gasteiger partial charge is 0.251 e. The van der Waals surface area contributed by atoms with Crippen molar-refractivity contribution in [2.45, 2.75) is 6.92 Å². The summed E-state index contributed by atoms with van der Waals surface area (Å²) in [5, 5.41) is 2.88. The third-order valence-corrected chi connectivity index (χ3v) is 2.38. The third kappa shape index (κ3) is 4.83. The van der Waals surface area contributed by atoms with E-state index in [-0.39, 0.29) is 5.91 Å². The monoisotopic (exact) mass is 232 g/mol. The summed E-state index contributed by atoms with van der Waals surface area (Å²) in [6, 6.07) is 7.59. The van der Waals surface area contributed by atoms with Crippen LogP contribution in [0.3, 0.4) is 0 Å². The third-order valence-electron chi connectivity index (χ3n) is 2.38. The maximum absolute atomic E-state index is 11.7. The molecule has 0 heterocycles. The van der Waals surface area contributed by atoms with Crippen molar-refractivity contribution in [2.75, 3.05) is 27.2 Å². The summed E-state index contributed by atoms with van der Waals surface area (Å²) < 4.78 is 0. The maximum atomic E-state index is 11.7. The van der Waals surface area contributed by atoms with Gasteiger partial charge in [0.1, 0.15) is 0 Å². The van der Waals surface area contributed by atoms with Crippen LogP contribution in [0.25, 0.3) is 6.08 Å². The molecule has 92 valence electrons. The number of nitrogens with one attached hydrogen (secondary N) is 1. The minimum Gasteiger partial charge on any atom is -0.351 e. The minimum absolute atomic E-state index is 0.0149. The van der Waals surface area contributed by atoms with Crippen molar-refractivity contribution in [3.8, 4) is 0 Å². The zero-order valence-electron chi connectivity index (χ0n) is 10.7. The van der Waals surface area contributed by atoms with Crippen LogP contribution in [0.4, 0.5) is 0 Å². The first-order chi connectivity index (χ1) is 8.13. The van der Waals surface area contributed by atoms with E-state index in [2.05, 4.69) is 5.32 Å². The van der Waals surface area contributed by atoms with Crippen LogP contribution in [0.1, 0.15) is 22.8 Å². The molecule has 1 N–H and O–H groups in total. The summed E-state index contributed by atoms with van der Waals surface area (Å²) in [4.78, 5) is 13.8. The van der Waals surface area contributed by atoms with E-state index in [1.165, 1.54) is 0 Å². The molecule has 0 spiro atoms. The van der Waals surface area contributed by atoms with Gasteiger partial charge in [0.2, 0.25) is 0 Å². The number of carbonyl (C=O) groups is 1. The summed E-state index contributed by atoms with van der Waals surface area (Å²) >= 11 is 0. The molecular formula is C14H20N2O. The van der Waals surface area contributed by atoms with Gasteiger partial charge in [0, 0.05) is 18.7 Å². The van der Waals surface area contributed by atoms with Gasteiger partial charge in [-0.15, -0.1) is 0 Å². The van der Waals surface area contributed by atoms with Gasteiger partial charge in [-0.3, -0.25) is 4.79 Å². The average Bonchev–Trinajstić information content (AvgIpc) is 2.30. The van der Waals surface area contributed by atoms with Crippen LogP contribution in [-0.4, -0.2) is 38.0 Å².